The zero-order valence-electron chi connectivity index (χ0n) is 16.3. The van der Waals surface area contributed by atoms with Crippen molar-refractivity contribution in [1.29, 1.82) is 0 Å². The molecule has 7 heteroatoms. The number of benzene rings is 2. The number of carbonyl (C=O) groups is 2. The summed E-state index contributed by atoms with van der Waals surface area (Å²) in [5.41, 5.74) is 0.307. The molecule has 0 spiro atoms. The average Bonchev–Trinajstić information content (AvgIpc) is 2.71. The van der Waals surface area contributed by atoms with Crippen LogP contribution in [0.3, 0.4) is 0 Å². The molecule has 0 saturated carbocycles. The second-order valence-electron chi connectivity index (χ2n) is 6.69. The zero-order chi connectivity index (χ0) is 20.6. The quantitative estimate of drug-likeness (QED) is 0.604. The van der Waals surface area contributed by atoms with Crippen LogP contribution in [0.15, 0.2) is 48.5 Å². The fourth-order valence-electron chi connectivity index (χ4n) is 2.58. The predicted molar refractivity (Wildman–Crippen MR) is 107 cm³/mol. The van der Waals surface area contributed by atoms with Crippen LogP contribution in [0.4, 0.5) is 5.69 Å². The van der Waals surface area contributed by atoms with Crippen molar-refractivity contribution in [3.05, 3.63) is 54.1 Å². The zero-order valence-corrected chi connectivity index (χ0v) is 16.3. The third-order valence-electron chi connectivity index (χ3n) is 4.29. The van der Waals surface area contributed by atoms with E-state index >= 15 is 0 Å². The summed E-state index contributed by atoms with van der Waals surface area (Å²) < 4.78 is 10.3. The maximum Gasteiger partial charge on any atom is 0.313 e. The number of nitrogens with one attached hydrogen (secondary N) is 2. The lowest BCUT2D eigenvalue weighted by Gasteiger charge is -2.23. The maximum atomic E-state index is 12.1. The van der Waals surface area contributed by atoms with Gasteiger partial charge in [-0.05, 0) is 37.5 Å². The first-order chi connectivity index (χ1) is 13.3. The van der Waals surface area contributed by atoms with Gasteiger partial charge in [0.05, 0.1) is 25.5 Å². The predicted octanol–water partition coefficient (Wildman–Crippen LogP) is 2.14. The fourth-order valence-corrected chi connectivity index (χ4v) is 2.58. The Hall–Kier alpha value is -3.06. The molecule has 28 heavy (non-hydrogen) atoms. The van der Waals surface area contributed by atoms with E-state index in [2.05, 4.69) is 10.6 Å². The second kappa shape index (κ2) is 9.75. The molecule has 0 saturated heterocycles. The van der Waals surface area contributed by atoms with Crippen molar-refractivity contribution in [2.24, 2.45) is 0 Å². The summed E-state index contributed by atoms with van der Waals surface area (Å²) in [4.78, 5) is 24.2. The van der Waals surface area contributed by atoms with Gasteiger partial charge in [0, 0.05) is 12.6 Å². The largest absolute Gasteiger partial charge is 0.497 e. The summed E-state index contributed by atoms with van der Waals surface area (Å²) in [6, 6.07) is 14.6. The maximum absolute atomic E-state index is 12.1. The van der Waals surface area contributed by atoms with E-state index < -0.39 is 17.4 Å². The minimum absolute atomic E-state index is 0.0359. The van der Waals surface area contributed by atoms with Crippen molar-refractivity contribution in [1.82, 2.24) is 5.32 Å². The summed E-state index contributed by atoms with van der Waals surface area (Å²) in [6.07, 6.45) is 1.12. The standard InChI is InChI=1S/C21H26N2O5/c1-21(26,12-11-15-7-5-4-6-8-15)14-22-19(24)20(25)23-17-10-9-16(27-2)13-18(17)28-3/h4-10,13,26H,11-12,14H2,1-3H3,(H,22,24)(H,23,25). The van der Waals surface area contributed by atoms with Crippen LogP contribution in [-0.4, -0.2) is 43.3 Å². The lowest BCUT2D eigenvalue weighted by Crippen LogP contribution is -2.44. The van der Waals surface area contributed by atoms with Crippen LogP contribution in [0.5, 0.6) is 11.5 Å². The summed E-state index contributed by atoms with van der Waals surface area (Å²) in [5.74, 6) is -0.746. The van der Waals surface area contributed by atoms with E-state index in [1.165, 1.54) is 14.2 Å². The Kier molecular flexibility index (Phi) is 7.40. The molecule has 0 fully saturated rings. The number of carbonyl (C=O) groups excluding carboxylic acids is 2. The molecule has 1 atom stereocenters. The number of rotatable bonds is 8. The first-order valence-electron chi connectivity index (χ1n) is 8.92. The summed E-state index contributed by atoms with van der Waals surface area (Å²) in [7, 11) is 2.97. The normalized spacial score (nSPS) is 12.6. The lowest BCUT2D eigenvalue weighted by atomic mass is 9.97. The molecule has 0 bridgehead atoms. The molecule has 2 amide bonds. The van der Waals surface area contributed by atoms with Gasteiger partial charge in [-0.3, -0.25) is 9.59 Å². The minimum atomic E-state index is -1.14. The third-order valence-corrected chi connectivity index (χ3v) is 4.29. The number of anilines is 1. The molecule has 150 valence electrons. The monoisotopic (exact) mass is 386 g/mol. The minimum Gasteiger partial charge on any atom is -0.497 e. The molecular weight excluding hydrogens is 360 g/mol. The smallest absolute Gasteiger partial charge is 0.313 e. The van der Waals surface area contributed by atoms with Crippen LogP contribution in [-0.2, 0) is 16.0 Å². The molecule has 0 aliphatic rings. The van der Waals surface area contributed by atoms with Gasteiger partial charge in [0.2, 0.25) is 0 Å². The number of hydrogen-bond donors (Lipinski definition) is 3. The molecular formula is C21H26N2O5. The number of ether oxygens (including phenoxy) is 2. The number of aryl methyl sites for hydroxylation is 1. The van der Waals surface area contributed by atoms with E-state index in [4.69, 9.17) is 9.47 Å². The van der Waals surface area contributed by atoms with E-state index in [0.717, 1.165) is 5.56 Å². The Morgan fingerprint density at radius 1 is 1.04 bits per heavy atom. The Balaban J connectivity index is 1.87. The van der Waals surface area contributed by atoms with Crippen molar-refractivity contribution in [3.63, 3.8) is 0 Å². The van der Waals surface area contributed by atoms with Crippen LogP contribution in [0.1, 0.15) is 18.9 Å². The Morgan fingerprint density at radius 2 is 1.75 bits per heavy atom. The van der Waals surface area contributed by atoms with E-state index in [0.29, 0.717) is 30.0 Å². The van der Waals surface area contributed by atoms with Gasteiger partial charge in [-0.1, -0.05) is 30.3 Å². The average molecular weight is 386 g/mol. The van der Waals surface area contributed by atoms with Crippen LogP contribution < -0.4 is 20.1 Å². The molecule has 2 rings (SSSR count). The molecule has 0 aromatic heterocycles. The van der Waals surface area contributed by atoms with Crippen LogP contribution in [0.2, 0.25) is 0 Å². The number of aliphatic hydroxyl groups is 1. The van der Waals surface area contributed by atoms with Crippen molar-refractivity contribution in [2.45, 2.75) is 25.4 Å². The number of hydrogen-bond acceptors (Lipinski definition) is 5. The Morgan fingerprint density at radius 3 is 2.39 bits per heavy atom. The highest BCUT2D eigenvalue weighted by atomic mass is 16.5. The first kappa shape index (κ1) is 21.2. The van der Waals surface area contributed by atoms with Crippen molar-refractivity contribution in [3.8, 4) is 11.5 Å². The highest BCUT2D eigenvalue weighted by molar-refractivity contribution is 6.39. The van der Waals surface area contributed by atoms with Crippen molar-refractivity contribution >= 4 is 17.5 Å². The number of methoxy groups -OCH3 is 2. The molecule has 0 aliphatic carbocycles. The van der Waals surface area contributed by atoms with Gasteiger partial charge in [0.1, 0.15) is 11.5 Å². The molecule has 0 aliphatic heterocycles. The lowest BCUT2D eigenvalue weighted by molar-refractivity contribution is -0.136. The van der Waals surface area contributed by atoms with Crippen LogP contribution in [0, 0.1) is 0 Å². The fraction of sp³-hybridized carbons (Fsp3) is 0.333. The van der Waals surface area contributed by atoms with E-state index in [9.17, 15) is 14.7 Å². The molecule has 7 nitrogen and oxygen atoms in total. The van der Waals surface area contributed by atoms with E-state index in [1.54, 1.807) is 25.1 Å². The first-order valence-corrected chi connectivity index (χ1v) is 8.92. The molecule has 0 radical (unpaired) electrons. The van der Waals surface area contributed by atoms with Gasteiger partial charge in [0.15, 0.2) is 0 Å². The molecule has 2 aromatic rings. The Labute approximate surface area is 164 Å². The van der Waals surface area contributed by atoms with E-state index in [1.807, 2.05) is 30.3 Å². The van der Waals surface area contributed by atoms with Gasteiger partial charge < -0.3 is 25.2 Å². The van der Waals surface area contributed by atoms with Crippen molar-refractivity contribution in [2.75, 3.05) is 26.1 Å². The molecule has 0 heterocycles. The van der Waals surface area contributed by atoms with Crippen molar-refractivity contribution < 1.29 is 24.2 Å². The highest BCUT2D eigenvalue weighted by Crippen LogP contribution is 2.28. The molecule has 1 unspecified atom stereocenters. The molecule has 3 N–H and O–H groups in total. The molecule has 2 aromatic carbocycles. The van der Waals surface area contributed by atoms with Gasteiger partial charge in [0.25, 0.3) is 0 Å². The van der Waals surface area contributed by atoms with Gasteiger partial charge >= 0.3 is 11.8 Å². The highest BCUT2D eigenvalue weighted by Gasteiger charge is 2.23. The second-order valence-corrected chi connectivity index (χ2v) is 6.69. The van der Waals surface area contributed by atoms with Gasteiger partial charge in [-0.25, -0.2) is 0 Å². The van der Waals surface area contributed by atoms with Crippen LogP contribution >= 0.6 is 0 Å². The van der Waals surface area contributed by atoms with Gasteiger partial charge in [-0.15, -0.1) is 0 Å². The topological polar surface area (TPSA) is 96.9 Å². The summed E-state index contributed by atoms with van der Waals surface area (Å²) in [6.45, 7) is 1.59. The Bertz CT molecular complexity index is 806. The van der Waals surface area contributed by atoms with E-state index in [-0.39, 0.29) is 6.54 Å². The third kappa shape index (κ3) is 6.28. The summed E-state index contributed by atoms with van der Waals surface area (Å²) in [5, 5.41) is 15.4. The summed E-state index contributed by atoms with van der Waals surface area (Å²) >= 11 is 0. The van der Waals surface area contributed by atoms with Gasteiger partial charge in [-0.2, -0.15) is 0 Å². The SMILES string of the molecule is COc1ccc(NC(=O)C(=O)NCC(C)(O)CCc2ccccc2)c(OC)c1. The van der Waals surface area contributed by atoms with Crippen LogP contribution in [0.25, 0.3) is 0 Å². The number of amides is 2.